The van der Waals surface area contributed by atoms with Crippen LogP contribution in [-0.2, 0) is 6.42 Å². The second-order valence-electron chi connectivity index (χ2n) is 5.46. The highest BCUT2D eigenvalue weighted by Gasteiger charge is 2.15. The molecule has 0 spiro atoms. The Hall–Kier alpha value is -3.01. The lowest BCUT2D eigenvalue weighted by Crippen LogP contribution is -2.37. The van der Waals surface area contributed by atoms with Crippen LogP contribution in [0.1, 0.15) is 31.5 Å². The van der Waals surface area contributed by atoms with Crippen LogP contribution in [0.3, 0.4) is 0 Å². The van der Waals surface area contributed by atoms with Gasteiger partial charge < -0.3 is 16.4 Å². The van der Waals surface area contributed by atoms with E-state index in [1.165, 1.54) is 0 Å². The van der Waals surface area contributed by atoms with Gasteiger partial charge in [0.1, 0.15) is 17.5 Å². The van der Waals surface area contributed by atoms with Gasteiger partial charge in [-0.15, -0.1) is 0 Å². The Labute approximate surface area is 148 Å². The molecule has 0 amide bonds. The Balaban J connectivity index is 2.08. The highest BCUT2D eigenvalue weighted by atomic mass is 15.3. The topological polar surface area (TPSA) is 104 Å². The standard InChI is InChI=1S/C18H25N7/c1-3-21-18(22-4-2)23-12-8-11-16-15(13-19)17(20)25(24-16)14-9-6-5-7-10-14/h5-7,9-10H,3-4,8,11-12,20H2,1-2H3,(H2,21,22,23). The van der Waals surface area contributed by atoms with Crippen molar-refractivity contribution in [2.45, 2.75) is 26.7 Å². The van der Waals surface area contributed by atoms with Gasteiger partial charge in [-0.3, -0.25) is 4.99 Å². The van der Waals surface area contributed by atoms with Crippen molar-refractivity contribution in [1.82, 2.24) is 20.4 Å². The van der Waals surface area contributed by atoms with E-state index in [1.807, 2.05) is 44.2 Å². The number of nitrogen functional groups attached to an aromatic ring is 1. The lowest BCUT2D eigenvalue weighted by molar-refractivity contribution is 0.763. The molecular weight excluding hydrogens is 314 g/mol. The van der Waals surface area contributed by atoms with E-state index in [0.717, 1.165) is 31.2 Å². The molecule has 7 heteroatoms. The monoisotopic (exact) mass is 339 g/mol. The Morgan fingerprint density at radius 3 is 2.52 bits per heavy atom. The smallest absolute Gasteiger partial charge is 0.191 e. The molecule has 0 aliphatic rings. The van der Waals surface area contributed by atoms with Gasteiger partial charge in [0.2, 0.25) is 0 Å². The van der Waals surface area contributed by atoms with Crippen LogP contribution in [0, 0.1) is 11.3 Å². The molecule has 25 heavy (non-hydrogen) atoms. The van der Waals surface area contributed by atoms with Crippen LogP contribution in [0.5, 0.6) is 0 Å². The Bertz CT molecular complexity index is 733. The molecule has 0 bridgehead atoms. The summed E-state index contributed by atoms with van der Waals surface area (Å²) in [4.78, 5) is 4.51. The number of nitrogens with two attached hydrogens (primary N) is 1. The predicted octanol–water partition coefficient (Wildman–Crippen LogP) is 1.83. The summed E-state index contributed by atoms with van der Waals surface area (Å²) in [5, 5.41) is 20.3. The lowest BCUT2D eigenvalue weighted by Gasteiger charge is -2.08. The highest BCUT2D eigenvalue weighted by Crippen LogP contribution is 2.21. The van der Waals surface area contributed by atoms with Crippen LogP contribution in [0.4, 0.5) is 5.82 Å². The zero-order valence-electron chi connectivity index (χ0n) is 14.8. The van der Waals surface area contributed by atoms with Crippen LogP contribution >= 0.6 is 0 Å². The molecule has 7 nitrogen and oxygen atoms in total. The van der Waals surface area contributed by atoms with Gasteiger partial charge in [-0.05, 0) is 38.8 Å². The fourth-order valence-corrected chi connectivity index (χ4v) is 2.49. The molecule has 0 fully saturated rings. The third kappa shape index (κ3) is 4.73. The number of nitrogens with zero attached hydrogens (tertiary/aromatic N) is 4. The maximum absolute atomic E-state index is 9.41. The number of anilines is 1. The van der Waals surface area contributed by atoms with E-state index in [4.69, 9.17) is 5.73 Å². The van der Waals surface area contributed by atoms with Crippen molar-refractivity contribution in [3.63, 3.8) is 0 Å². The first-order valence-electron chi connectivity index (χ1n) is 8.56. The highest BCUT2D eigenvalue weighted by molar-refractivity contribution is 5.79. The minimum atomic E-state index is 0.383. The van der Waals surface area contributed by atoms with Gasteiger partial charge in [-0.25, -0.2) is 4.68 Å². The third-order valence-corrected chi connectivity index (χ3v) is 3.64. The molecular formula is C18H25N7. The molecule has 0 aliphatic heterocycles. The van der Waals surface area contributed by atoms with E-state index >= 15 is 0 Å². The molecule has 4 N–H and O–H groups in total. The van der Waals surface area contributed by atoms with E-state index in [1.54, 1.807) is 4.68 Å². The third-order valence-electron chi connectivity index (χ3n) is 3.64. The number of aromatic nitrogens is 2. The molecule has 0 saturated carbocycles. The number of aliphatic imine (C=N–C) groups is 1. The Morgan fingerprint density at radius 2 is 1.92 bits per heavy atom. The molecule has 1 aromatic heterocycles. The minimum Gasteiger partial charge on any atom is -0.382 e. The van der Waals surface area contributed by atoms with Gasteiger partial charge in [0.15, 0.2) is 5.96 Å². The first-order valence-corrected chi connectivity index (χ1v) is 8.56. The van der Waals surface area contributed by atoms with E-state index in [-0.39, 0.29) is 0 Å². The molecule has 0 aliphatic carbocycles. The van der Waals surface area contributed by atoms with Crippen LogP contribution in [0.2, 0.25) is 0 Å². The van der Waals surface area contributed by atoms with Crippen molar-refractivity contribution in [3.05, 3.63) is 41.6 Å². The van der Waals surface area contributed by atoms with Crippen molar-refractivity contribution < 1.29 is 0 Å². The SMILES string of the molecule is CCNC(=NCCCc1nn(-c2ccccc2)c(N)c1C#N)NCC. The predicted molar refractivity (Wildman–Crippen MR) is 101 cm³/mol. The van der Waals surface area contributed by atoms with Gasteiger partial charge >= 0.3 is 0 Å². The number of aryl methyl sites for hydroxylation is 1. The number of para-hydroxylation sites is 1. The van der Waals surface area contributed by atoms with Gasteiger partial charge in [0, 0.05) is 19.6 Å². The summed E-state index contributed by atoms with van der Waals surface area (Å²) in [6, 6.07) is 11.8. The summed E-state index contributed by atoms with van der Waals surface area (Å²) < 4.78 is 1.62. The Kier molecular flexibility index (Phi) is 6.84. The fourth-order valence-electron chi connectivity index (χ4n) is 2.49. The summed E-state index contributed by atoms with van der Waals surface area (Å²) >= 11 is 0. The van der Waals surface area contributed by atoms with Gasteiger partial charge in [-0.1, -0.05) is 18.2 Å². The summed E-state index contributed by atoms with van der Waals surface area (Å²) in [7, 11) is 0. The number of nitrogens with one attached hydrogen (secondary N) is 2. The number of benzene rings is 1. The normalized spacial score (nSPS) is 10.1. The largest absolute Gasteiger partial charge is 0.382 e. The molecule has 0 radical (unpaired) electrons. The van der Waals surface area contributed by atoms with E-state index in [9.17, 15) is 5.26 Å². The van der Waals surface area contributed by atoms with E-state index in [2.05, 4.69) is 26.8 Å². The quantitative estimate of drug-likeness (QED) is 0.406. The lowest BCUT2D eigenvalue weighted by atomic mass is 10.1. The number of nitriles is 1. The molecule has 2 rings (SSSR count). The van der Waals surface area contributed by atoms with Crippen molar-refractivity contribution in [1.29, 1.82) is 5.26 Å². The van der Waals surface area contributed by atoms with Crippen molar-refractivity contribution in [3.8, 4) is 11.8 Å². The summed E-state index contributed by atoms with van der Waals surface area (Å²) in [6.07, 6.45) is 1.45. The zero-order valence-corrected chi connectivity index (χ0v) is 14.8. The number of hydrogen-bond acceptors (Lipinski definition) is 4. The van der Waals surface area contributed by atoms with Gasteiger partial charge in [0.25, 0.3) is 0 Å². The second kappa shape index (κ2) is 9.33. The molecule has 0 saturated heterocycles. The molecule has 0 unspecified atom stereocenters. The minimum absolute atomic E-state index is 0.383. The molecule has 1 aromatic carbocycles. The number of rotatable bonds is 7. The fraction of sp³-hybridized carbons (Fsp3) is 0.389. The maximum Gasteiger partial charge on any atom is 0.191 e. The van der Waals surface area contributed by atoms with Gasteiger partial charge in [-0.2, -0.15) is 10.4 Å². The summed E-state index contributed by atoms with van der Waals surface area (Å²) in [5.74, 6) is 1.19. The van der Waals surface area contributed by atoms with Crippen molar-refractivity contribution in [2.75, 3.05) is 25.4 Å². The van der Waals surface area contributed by atoms with Crippen molar-refractivity contribution in [2.24, 2.45) is 4.99 Å². The average molecular weight is 339 g/mol. The number of guanidine groups is 1. The van der Waals surface area contributed by atoms with Crippen LogP contribution < -0.4 is 16.4 Å². The summed E-state index contributed by atoms with van der Waals surface area (Å²) in [5.41, 5.74) is 8.12. The first-order chi connectivity index (χ1) is 12.2. The number of hydrogen-bond donors (Lipinski definition) is 3. The van der Waals surface area contributed by atoms with E-state index < -0.39 is 0 Å². The van der Waals surface area contributed by atoms with Crippen molar-refractivity contribution >= 4 is 11.8 Å². The van der Waals surface area contributed by atoms with Crippen LogP contribution in [0.25, 0.3) is 5.69 Å². The zero-order chi connectivity index (χ0) is 18.1. The Morgan fingerprint density at radius 1 is 1.24 bits per heavy atom. The molecule has 0 atom stereocenters. The maximum atomic E-state index is 9.41. The van der Waals surface area contributed by atoms with E-state index in [0.29, 0.717) is 30.0 Å². The van der Waals surface area contributed by atoms with Crippen LogP contribution in [-0.4, -0.2) is 35.4 Å². The molecule has 132 valence electrons. The summed E-state index contributed by atoms with van der Waals surface area (Å²) in [6.45, 7) is 6.36. The average Bonchev–Trinajstić information content (AvgIpc) is 2.95. The van der Waals surface area contributed by atoms with Crippen LogP contribution in [0.15, 0.2) is 35.3 Å². The first kappa shape index (κ1) is 18.3. The molecule has 2 aromatic rings. The van der Waals surface area contributed by atoms with Gasteiger partial charge in [0.05, 0.1) is 11.4 Å². The molecule has 1 heterocycles. The second-order valence-corrected chi connectivity index (χ2v) is 5.46.